The Morgan fingerprint density at radius 1 is 1.17 bits per heavy atom. The molecule has 2 aromatic carbocycles. The molecule has 1 heterocycles. The molecule has 0 N–H and O–H groups in total. The predicted molar refractivity (Wildman–Crippen MR) is 122 cm³/mol. The van der Waals surface area contributed by atoms with Crippen molar-refractivity contribution in [1.29, 1.82) is 0 Å². The number of para-hydroxylation sites is 1. The number of halogens is 1. The van der Waals surface area contributed by atoms with Crippen molar-refractivity contribution in [3.05, 3.63) is 58.1 Å². The van der Waals surface area contributed by atoms with Gasteiger partial charge in [0.1, 0.15) is 9.90 Å². The molecular formula is C21H24ClN3O3S2. The summed E-state index contributed by atoms with van der Waals surface area (Å²) in [4.78, 5) is 19.3. The second kappa shape index (κ2) is 9.01. The zero-order valence-electron chi connectivity index (χ0n) is 17.3. The third-order valence-electron chi connectivity index (χ3n) is 5.07. The molecule has 3 aromatic rings. The monoisotopic (exact) mass is 465 g/mol. The lowest BCUT2D eigenvalue weighted by Crippen LogP contribution is -2.32. The van der Waals surface area contributed by atoms with Crippen LogP contribution in [0.2, 0.25) is 5.02 Å². The molecule has 0 aliphatic rings. The number of carbonyl (C=O) groups excluding carboxylic acids is 1. The zero-order chi connectivity index (χ0) is 22.1. The van der Waals surface area contributed by atoms with E-state index < -0.39 is 10.0 Å². The first-order valence-corrected chi connectivity index (χ1v) is 12.3. The van der Waals surface area contributed by atoms with E-state index in [1.165, 1.54) is 27.8 Å². The molecule has 9 heteroatoms. The Balaban J connectivity index is 1.92. The normalized spacial score (nSPS) is 13.0. The van der Waals surface area contributed by atoms with Gasteiger partial charge in [-0.25, -0.2) is 13.4 Å². The van der Waals surface area contributed by atoms with E-state index in [0.29, 0.717) is 13.1 Å². The molecule has 1 atom stereocenters. The lowest BCUT2D eigenvalue weighted by atomic mass is 10.2. The Hall–Kier alpha value is -2.00. The molecular weight excluding hydrogens is 442 g/mol. The number of hydrogen-bond acceptors (Lipinski definition) is 5. The largest absolute Gasteiger partial charge is 0.333 e. The molecule has 0 saturated heterocycles. The molecule has 160 valence electrons. The summed E-state index contributed by atoms with van der Waals surface area (Å²) in [5.41, 5.74) is 1.16. The van der Waals surface area contributed by atoms with Gasteiger partial charge in [0.05, 0.1) is 21.3 Å². The Kier molecular flexibility index (Phi) is 6.81. The molecule has 6 nitrogen and oxygen atoms in total. The SMILES string of the molecule is CCN(CC)S(=O)(=O)c1cc(C(=O)N(C)C(C)c2nc3ccccc3s2)ccc1Cl. The highest BCUT2D eigenvalue weighted by atomic mass is 35.5. The summed E-state index contributed by atoms with van der Waals surface area (Å²) in [6, 6.07) is 11.9. The highest BCUT2D eigenvalue weighted by Gasteiger charge is 2.27. The van der Waals surface area contributed by atoms with Gasteiger partial charge in [-0.3, -0.25) is 4.79 Å². The number of thiazole rings is 1. The van der Waals surface area contributed by atoms with Crippen LogP contribution in [-0.2, 0) is 10.0 Å². The molecule has 0 fully saturated rings. The van der Waals surface area contributed by atoms with Crippen molar-refractivity contribution in [2.45, 2.75) is 31.7 Å². The van der Waals surface area contributed by atoms with Gasteiger partial charge in [-0.15, -0.1) is 11.3 Å². The van der Waals surface area contributed by atoms with Gasteiger partial charge in [0.2, 0.25) is 10.0 Å². The fraction of sp³-hybridized carbons (Fsp3) is 0.333. The van der Waals surface area contributed by atoms with Crippen LogP contribution in [0.3, 0.4) is 0 Å². The first kappa shape index (κ1) is 22.7. The number of hydrogen-bond donors (Lipinski definition) is 0. The minimum Gasteiger partial charge on any atom is -0.333 e. The molecule has 0 radical (unpaired) electrons. The van der Waals surface area contributed by atoms with Crippen LogP contribution in [0.15, 0.2) is 47.4 Å². The highest BCUT2D eigenvalue weighted by molar-refractivity contribution is 7.89. The van der Waals surface area contributed by atoms with Crippen molar-refractivity contribution < 1.29 is 13.2 Å². The average Bonchev–Trinajstić information content (AvgIpc) is 3.17. The predicted octanol–water partition coefficient (Wildman–Crippen LogP) is 4.81. The number of benzene rings is 2. The van der Waals surface area contributed by atoms with Crippen molar-refractivity contribution in [2.24, 2.45) is 0 Å². The van der Waals surface area contributed by atoms with E-state index in [4.69, 9.17) is 11.6 Å². The Bertz CT molecular complexity index is 1140. The number of sulfonamides is 1. The second-order valence-corrected chi connectivity index (χ2v) is 10.2. The van der Waals surface area contributed by atoms with E-state index in [1.54, 1.807) is 31.9 Å². The van der Waals surface area contributed by atoms with Crippen molar-refractivity contribution in [1.82, 2.24) is 14.2 Å². The molecule has 0 saturated carbocycles. The van der Waals surface area contributed by atoms with Gasteiger partial charge in [0, 0.05) is 25.7 Å². The van der Waals surface area contributed by atoms with Gasteiger partial charge in [-0.05, 0) is 37.3 Å². The first-order chi connectivity index (χ1) is 14.2. The van der Waals surface area contributed by atoms with Gasteiger partial charge in [-0.2, -0.15) is 4.31 Å². The number of carbonyl (C=O) groups is 1. The quantitative estimate of drug-likeness (QED) is 0.501. The summed E-state index contributed by atoms with van der Waals surface area (Å²) in [6.07, 6.45) is 0. The van der Waals surface area contributed by atoms with Crippen LogP contribution in [0.5, 0.6) is 0 Å². The second-order valence-electron chi connectivity index (χ2n) is 6.85. The summed E-state index contributed by atoms with van der Waals surface area (Å²) in [5.74, 6) is -0.297. The third kappa shape index (κ3) is 4.23. The van der Waals surface area contributed by atoms with Gasteiger partial charge >= 0.3 is 0 Å². The summed E-state index contributed by atoms with van der Waals surface area (Å²) >= 11 is 7.72. The Labute approximate surface area is 186 Å². The molecule has 0 bridgehead atoms. The van der Waals surface area contributed by atoms with Crippen LogP contribution in [0.25, 0.3) is 10.2 Å². The van der Waals surface area contributed by atoms with Crippen LogP contribution in [0.4, 0.5) is 0 Å². The van der Waals surface area contributed by atoms with Crippen molar-refractivity contribution in [2.75, 3.05) is 20.1 Å². The topological polar surface area (TPSA) is 70.6 Å². The number of aromatic nitrogens is 1. The van der Waals surface area contributed by atoms with Crippen LogP contribution in [-0.4, -0.2) is 48.7 Å². The zero-order valence-corrected chi connectivity index (χ0v) is 19.7. The Morgan fingerprint density at radius 3 is 2.47 bits per heavy atom. The highest BCUT2D eigenvalue weighted by Crippen LogP contribution is 2.31. The van der Waals surface area contributed by atoms with Gasteiger partial charge < -0.3 is 4.90 Å². The number of amides is 1. The summed E-state index contributed by atoms with van der Waals surface area (Å²) in [7, 11) is -2.10. The van der Waals surface area contributed by atoms with Crippen LogP contribution >= 0.6 is 22.9 Å². The van der Waals surface area contributed by atoms with Crippen LogP contribution in [0, 0.1) is 0 Å². The third-order valence-corrected chi connectivity index (χ3v) is 8.81. The fourth-order valence-electron chi connectivity index (χ4n) is 3.15. The number of fused-ring (bicyclic) bond motifs is 1. The number of rotatable bonds is 7. The van der Waals surface area contributed by atoms with E-state index in [-0.39, 0.29) is 27.4 Å². The first-order valence-electron chi connectivity index (χ1n) is 9.63. The smallest absolute Gasteiger partial charge is 0.254 e. The van der Waals surface area contributed by atoms with Gasteiger partial charge in [-0.1, -0.05) is 37.6 Å². The molecule has 1 amide bonds. The van der Waals surface area contributed by atoms with Crippen LogP contribution < -0.4 is 0 Å². The standard InChI is InChI=1S/C21H24ClN3O3S2/c1-5-25(6-2)30(27,28)19-13-15(11-12-16(19)22)21(26)24(4)14(3)20-23-17-9-7-8-10-18(17)29-20/h7-14H,5-6H2,1-4H3. The molecule has 0 spiro atoms. The molecule has 0 aliphatic heterocycles. The minimum absolute atomic E-state index is 0.0558. The fourth-order valence-corrected chi connectivity index (χ4v) is 6.17. The Morgan fingerprint density at radius 2 is 1.83 bits per heavy atom. The van der Waals surface area contributed by atoms with Gasteiger partial charge in [0.15, 0.2) is 0 Å². The van der Waals surface area contributed by atoms with E-state index in [0.717, 1.165) is 15.2 Å². The molecule has 1 unspecified atom stereocenters. The van der Waals surface area contributed by atoms with E-state index in [2.05, 4.69) is 4.98 Å². The minimum atomic E-state index is -3.78. The van der Waals surface area contributed by atoms with Crippen molar-refractivity contribution >= 4 is 49.1 Å². The van der Waals surface area contributed by atoms with E-state index >= 15 is 0 Å². The average molecular weight is 466 g/mol. The maximum absolute atomic E-state index is 13.1. The lowest BCUT2D eigenvalue weighted by Gasteiger charge is -2.24. The molecule has 3 rings (SSSR count). The van der Waals surface area contributed by atoms with Crippen LogP contribution in [0.1, 0.15) is 42.2 Å². The number of nitrogens with zero attached hydrogens (tertiary/aromatic N) is 3. The maximum Gasteiger partial charge on any atom is 0.254 e. The summed E-state index contributed by atoms with van der Waals surface area (Å²) < 4.78 is 28.2. The maximum atomic E-state index is 13.1. The molecule has 0 aliphatic carbocycles. The molecule has 30 heavy (non-hydrogen) atoms. The van der Waals surface area contributed by atoms with Crippen molar-refractivity contribution in [3.8, 4) is 0 Å². The van der Waals surface area contributed by atoms with E-state index in [1.807, 2.05) is 31.2 Å². The van der Waals surface area contributed by atoms with E-state index in [9.17, 15) is 13.2 Å². The van der Waals surface area contributed by atoms with Gasteiger partial charge in [0.25, 0.3) is 5.91 Å². The lowest BCUT2D eigenvalue weighted by molar-refractivity contribution is 0.0742. The summed E-state index contributed by atoms with van der Waals surface area (Å²) in [6.45, 7) is 6.07. The molecule has 1 aromatic heterocycles. The van der Waals surface area contributed by atoms with Crippen molar-refractivity contribution in [3.63, 3.8) is 0 Å². The summed E-state index contributed by atoms with van der Waals surface area (Å²) in [5, 5.41) is 0.914.